The number of carbonyl (C=O) groups excluding carboxylic acids is 2. The normalized spacial score (nSPS) is 12.8. The largest absolute Gasteiger partial charge is 0.466 e. The maximum Gasteiger partial charge on any atom is 0.305 e. The fourth-order valence-electron chi connectivity index (χ4n) is 8.63. The molecule has 0 heterocycles. The Kier molecular flexibility index (Phi) is 51.6. The lowest BCUT2D eigenvalue weighted by atomic mass is 10.0. The first kappa shape index (κ1) is 61.3. The highest BCUT2D eigenvalue weighted by atomic mass is 16.5. The minimum Gasteiger partial charge on any atom is -0.466 e. The van der Waals surface area contributed by atoms with Crippen LogP contribution in [0.25, 0.3) is 0 Å². The van der Waals surface area contributed by atoms with Gasteiger partial charge in [0, 0.05) is 12.8 Å². The van der Waals surface area contributed by atoms with E-state index in [0.717, 1.165) is 44.9 Å². The summed E-state index contributed by atoms with van der Waals surface area (Å²) in [6.45, 7) is 4.88. The van der Waals surface area contributed by atoms with E-state index in [2.05, 4.69) is 31.3 Å². The van der Waals surface area contributed by atoms with Gasteiger partial charge in [-0.1, -0.05) is 256 Å². The number of aliphatic hydroxyl groups is 2. The monoisotopic (exact) mass is 888 g/mol. The van der Waals surface area contributed by atoms with Crippen LogP contribution in [0.1, 0.15) is 303 Å². The summed E-state index contributed by atoms with van der Waals surface area (Å²) in [6.07, 6.45) is 63.4. The van der Waals surface area contributed by atoms with Gasteiger partial charge >= 0.3 is 5.97 Å². The molecule has 372 valence electrons. The van der Waals surface area contributed by atoms with E-state index in [0.29, 0.717) is 19.4 Å². The van der Waals surface area contributed by atoms with Crippen LogP contribution in [0.4, 0.5) is 0 Å². The van der Waals surface area contributed by atoms with Gasteiger partial charge in [-0.15, -0.1) is 0 Å². The van der Waals surface area contributed by atoms with Crippen LogP contribution in [-0.4, -0.2) is 47.4 Å². The van der Waals surface area contributed by atoms with Gasteiger partial charge in [-0.3, -0.25) is 9.59 Å². The minimum absolute atomic E-state index is 0.00324. The fraction of sp³-hybridized carbons (Fsp3) is 0.895. The van der Waals surface area contributed by atoms with Crippen LogP contribution < -0.4 is 5.32 Å². The Morgan fingerprint density at radius 3 is 1.13 bits per heavy atom. The smallest absolute Gasteiger partial charge is 0.305 e. The number of rotatable bonds is 52. The summed E-state index contributed by atoms with van der Waals surface area (Å²) in [5, 5.41) is 23.0. The molecule has 0 bridgehead atoms. The average Bonchev–Trinajstić information content (AvgIpc) is 3.28. The van der Waals surface area contributed by atoms with Crippen LogP contribution >= 0.6 is 0 Å². The van der Waals surface area contributed by atoms with Crippen molar-refractivity contribution in [3.63, 3.8) is 0 Å². The quantitative estimate of drug-likeness (QED) is 0.0321. The van der Waals surface area contributed by atoms with Crippen molar-refractivity contribution in [2.45, 2.75) is 315 Å². The lowest BCUT2D eigenvalue weighted by Crippen LogP contribution is -2.45. The molecule has 2 unspecified atom stereocenters. The van der Waals surface area contributed by atoms with Crippen molar-refractivity contribution < 1.29 is 24.5 Å². The second kappa shape index (κ2) is 53.0. The summed E-state index contributed by atoms with van der Waals surface area (Å²) in [4.78, 5) is 24.4. The molecule has 0 saturated carbocycles. The van der Waals surface area contributed by atoms with Crippen molar-refractivity contribution in [3.05, 3.63) is 24.3 Å². The maximum atomic E-state index is 12.4. The number of hydrogen-bond donors (Lipinski definition) is 3. The van der Waals surface area contributed by atoms with Crippen molar-refractivity contribution in [1.82, 2.24) is 5.32 Å². The van der Waals surface area contributed by atoms with E-state index in [4.69, 9.17) is 4.74 Å². The van der Waals surface area contributed by atoms with Gasteiger partial charge in [0.25, 0.3) is 0 Å². The van der Waals surface area contributed by atoms with Crippen molar-refractivity contribution in [2.24, 2.45) is 0 Å². The predicted molar refractivity (Wildman–Crippen MR) is 273 cm³/mol. The summed E-state index contributed by atoms with van der Waals surface area (Å²) in [7, 11) is 0. The molecule has 0 aromatic heterocycles. The van der Waals surface area contributed by atoms with Crippen LogP contribution in [0, 0.1) is 0 Å². The van der Waals surface area contributed by atoms with E-state index >= 15 is 0 Å². The molecule has 6 heteroatoms. The summed E-state index contributed by atoms with van der Waals surface area (Å²) >= 11 is 0. The molecular weight excluding hydrogens is 779 g/mol. The van der Waals surface area contributed by atoms with Gasteiger partial charge in [-0.2, -0.15) is 0 Å². The van der Waals surface area contributed by atoms with Gasteiger partial charge in [-0.05, 0) is 57.8 Å². The first-order valence-electron chi connectivity index (χ1n) is 28.1. The zero-order chi connectivity index (χ0) is 45.8. The van der Waals surface area contributed by atoms with Gasteiger partial charge in [-0.25, -0.2) is 0 Å². The van der Waals surface area contributed by atoms with Gasteiger partial charge in [0.2, 0.25) is 5.91 Å². The van der Waals surface area contributed by atoms with Crippen LogP contribution in [0.15, 0.2) is 24.3 Å². The number of hydrogen-bond acceptors (Lipinski definition) is 5. The lowest BCUT2D eigenvalue weighted by Gasteiger charge is -2.20. The molecule has 0 fully saturated rings. The molecule has 63 heavy (non-hydrogen) atoms. The van der Waals surface area contributed by atoms with Crippen molar-refractivity contribution in [3.8, 4) is 0 Å². The zero-order valence-electron chi connectivity index (χ0n) is 42.3. The first-order valence-corrected chi connectivity index (χ1v) is 28.1. The molecule has 0 aromatic rings. The first-order chi connectivity index (χ1) is 31.0. The molecule has 0 aliphatic heterocycles. The molecule has 0 aliphatic carbocycles. The number of unbranched alkanes of at least 4 members (excludes halogenated alkanes) is 39. The van der Waals surface area contributed by atoms with E-state index in [1.807, 2.05) is 6.08 Å². The van der Waals surface area contributed by atoms with Crippen molar-refractivity contribution in [2.75, 3.05) is 13.2 Å². The molecule has 3 N–H and O–H groups in total. The molecule has 0 spiro atoms. The molecule has 0 aromatic carbocycles. The van der Waals surface area contributed by atoms with E-state index in [9.17, 15) is 19.8 Å². The number of ether oxygens (including phenoxy) is 1. The molecular formula is C57H109NO5. The molecule has 0 rings (SSSR count). The minimum atomic E-state index is -0.843. The zero-order valence-corrected chi connectivity index (χ0v) is 42.3. The molecule has 0 radical (unpaired) electrons. The number of amides is 1. The number of aliphatic hydroxyl groups excluding tert-OH is 2. The topological polar surface area (TPSA) is 95.9 Å². The second-order valence-electron chi connectivity index (χ2n) is 19.3. The summed E-state index contributed by atoms with van der Waals surface area (Å²) in [5.41, 5.74) is 0. The Balaban J connectivity index is 3.38. The standard InChI is InChI=1S/C57H109NO5/c1-3-5-7-9-11-13-15-16-24-28-31-35-39-43-47-51-57(62)63-52-48-44-40-36-32-29-26-23-21-19-17-18-20-22-25-27-30-34-38-42-46-50-56(61)58-54(53-59)55(60)49-45-41-37-33-14-12-10-8-6-4-2/h16,24,45,49,54-55,59-60H,3-15,17-23,25-44,46-48,50-53H2,1-2H3,(H,58,61)/b24-16-,49-45+. The third kappa shape index (κ3) is 49.6. The van der Waals surface area contributed by atoms with Crippen LogP contribution in [0.2, 0.25) is 0 Å². The number of nitrogens with one attached hydrogen (secondary N) is 1. The van der Waals surface area contributed by atoms with Crippen LogP contribution in [0.3, 0.4) is 0 Å². The van der Waals surface area contributed by atoms with E-state index in [-0.39, 0.29) is 18.5 Å². The van der Waals surface area contributed by atoms with Crippen molar-refractivity contribution >= 4 is 11.9 Å². The highest BCUT2D eigenvalue weighted by molar-refractivity contribution is 5.76. The Labute approximate surface area is 392 Å². The predicted octanol–water partition coefficient (Wildman–Crippen LogP) is 17.1. The van der Waals surface area contributed by atoms with Crippen LogP contribution in [-0.2, 0) is 14.3 Å². The summed E-state index contributed by atoms with van der Waals surface area (Å²) < 4.78 is 5.48. The highest BCUT2D eigenvalue weighted by Crippen LogP contribution is 2.17. The Morgan fingerprint density at radius 2 is 0.746 bits per heavy atom. The van der Waals surface area contributed by atoms with Crippen molar-refractivity contribution in [1.29, 1.82) is 0 Å². The highest BCUT2D eigenvalue weighted by Gasteiger charge is 2.18. The third-order valence-corrected chi connectivity index (χ3v) is 13.0. The van der Waals surface area contributed by atoms with E-state index < -0.39 is 12.1 Å². The molecule has 6 nitrogen and oxygen atoms in total. The van der Waals surface area contributed by atoms with Crippen LogP contribution in [0.5, 0.6) is 0 Å². The SMILES string of the molecule is CCCCCCCC/C=C\CCCCCCCC(=O)OCCCCCCCCCCCCCCCCCCCCCCCC(=O)NC(CO)C(O)/C=C/CCCCCCCCCC. The fourth-order valence-corrected chi connectivity index (χ4v) is 8.63. The number of carbonyl (C=O) groups is 2. The third-order valence-electron chi connectivity index (χ3n) is 13.0. The summed E-state index contributed by atoms with van der Waals surface area (Å²) in [6, 6.07) is -0.626. The summed E-state index contributed by atoms with van der Waals surface area (Å²) in [5.74, 6) is -0.0674. The number of esters is 1. The van der Waals surface area contributed by atoms with Gasteiger partial charge in [0.05, 0.1) is 25.4 Å². The Morgan fingerprint density at radius 1 is 0.429 bits per heavy atom. The molecule has 1 amide bonds. The Hall–Kier alpha value is -1.66. The molecule has 2 atom stereocenters. The van der Waals surface area contributed by atoms with E-state index in [1.54, 1.807) is 6.08 Å². The van der Waals surface area contributed by atoms with Gasteiger partial charge in [0.1, 0.15) is 0 Å². The number of allylic oxidation sites excluding steroid dienone is 3. The second-order valence-corrected chi connectivity index (χ2v) is 19.3. The average molecular weight is 889 g/mol. The Bertz CT molecular complexity index is 982. The molecule has 0 aliphatic rings. The molecule has 0 saturated heterocycles. The maximum absolute atomic E-state index is 12.4. The lowest BCUT2D eigenvalue weighted by molar-refractivity contribution is -0.143. The van der Waals surface area contributed by atoms with Gasteiger partial charge in [0.15, 0.2) is 0 Å². The van der Waals surface area contributed by atoms with Gasteiger partial charge < -0.3 is 20.3 Å². The van der Waals surface area contributed by atoms with E-state index in [1.165, 1.54) is 231 Å².